The smallest absolute Gasteiger partial charge is 0.416 e. The summed E-state index contributed by atoms with van der Waals surface area (Å²) in [5, 5.41) is 9.32. The van der Waals surface area contributed by atoms with Gasteiger partial charge in [0, 0.05) is 16.2 Å². The molecule has 2 rings (SSSR count). The minimum atomic E-state index is -4.83. The molecule has 2 aromatic carbocycles. The molecule has 0 spiro atoms. The molecule has 0 aliphatic carbocycles. The molecule has 0 amide bonds. The van der Waals surface area contributed by atoms with Crippen LogP contribution in [0.15, 0.2) is 53.6 Å². The molecule has 0 bridgehead atoms. The van der Waals surface area contributed by atoms with E-state index >= 15 is 0 Å². The maximum absolute atomic E-state index is 13.2. The number of rotatable bonds is 5. The molecule has 0 saturated carbocycles. The van der Waals surface area contributed by atoms with Gasteiger partial charge in [0.25, 0.3) is 0 Å². The first-order valence-corrected chi connectivity index (χ1v) is 8.89. The summed E-state index contributed by atoms with van der Waals surface area (Å²) in [5.74, 6) is -1.33. The van der Waals surface area contributed by atoms with Gasteiger partial charge >= 0.3 is 18.3 Å². The van der Waals surface area contributed by atoms with Crippen LogP contribution in [0.2, 0.25) is 0 Å². The largest absolute Gasteiger partial charge is 0.515 e. The van der Waals surface area contributed by atoms with Gasteiger partial charge in [0.1, 0.15) is 5.57 Å². The van der Waals surface area contributed by atoms with E-state index in [-0.39, 0.29) is 16.0 Å². The monoisotopic (exact) mass is 436 g/mol. The molecule has 2 aromatic rings. The van der Waals surface area contributed by atoms with E-state index in [0.717, 1.165) is 18.9 Å². The molecule has 10 heteroatoms. The van der Waals surface area contributed by atoms with Crippen LogP contribution in [0.5, 0.6) is 0 Å². The van der Waals surface area contributed by atoms with Gasteiger partial charge in [-0.05, 0) is 29.8 Å². The second kappa shape index (κ2) is 8.81. The van der Waals surface area contributed by atoms with E-state index in [1.807, 2.05) is 0 Å². The number of carbonyl (C=O) groups excluding carboxylic acids is 1. The summed E-state index contributed by atoms with van der Waals surface area (Å²) < 4.78 is 83.0. The van der Waals surface area contributed by atoms with E-state index < -0.39 is 40.8 Å². The molecule has 29 heavy (non-hydrogen) atoms. The molecule has 0 radical (unpaired) electrons. The van der Waals surface area contributed by atoms with E-state index in [0.29, 0.717) is 24.5 Å². The van der Waals surface area contributed by atoms with Crippen LogP contribution in [0.1, 0.15) is 22.3 Å². The number of alkyl halides is 6. The first-order valence-electron chi connectivity index (χ1n) is 7.91. The maximum atomic E-state index is 13.2. The van der Waals surface area contributed by atoms with E-state index in [4.69, 9.17) is 0 Å². The third-order valence-corrected chi connectivity index (χ3v) is 4.96. The topological polar surface area (TPSA) is 46.5 Å². The normalized spacial score (nSPS) is 12.7. The average Bonchev–Trinajstić information content (AvgIpc) is 2.65. The van der Waals surface area contributed by atoms with E-state index in [1.165, 1.54) is 24.3 Å². The summed E-state index contributed by atoms with van der Waals surface area (Å²) in [7, 11) is 1.08. The summed E-state index contributed by atoms with van der Waals surface area (Å²) in [6, 6.07) is 7.20. The fourth-order valence-corrected chi connectivity index (χ4v) is 3.54. The Morgan fingerprint density at radius 2 is 1.72 bits per heavy atom. The fourth-order valence-electron chi connectivity index (χ4n) is 2.48. The summed E-state index contributed by atoms with van der Waals surface area (Å²) in [5.41, 5.74) is -3.00. The van der Waals surface area contributed by atoms with Gasteiger partial charge < -0.3 is 9.84 Å². The lowest BCUT2D eigenvalue weighted by Gasteiger charge is -2.16. The Morgan fingerprint density at radius 1 is 1.07 bits per heavy atom. The van der Waals surface area contributed by atoms with E-state index in [2.05, 4.69) is 4.74 Å². The van der Waals surface area contributed by atoms with Gasteiger partial charge in [0.15, 0.2) is 0 Å². The Balaban J connectivity index is 2.43. The predicted octanol–water partition coefficient (Wildman–Crippen LogP) is 6.09. The zero-order valence-corrected chi connectivity index (χ0v) is 15.6. The number of methoxy groups -OCH3 is 1. The van der Waals surface area contributed by atoms with Crippen LogP contribution < -0.4 is 0 Å². The highest BCUT2D eigenvalue weighted by Crippen LogP contribution is 2.39. The van der Waals surface area contributed by atoms with Crippen molar-refractivity contribution in [2.75, 3.05) is 7.11 Å². The molecule has 0 atom stereocenters. The fraction of sp³-hybridized carbons (Fsp3) is 0.211. The van der Waals surface area contributed by atoms with Crippen molar-refractivity contribution in [3.8, 4) is 0 Å². The minimum Gasteiger partial charge on any atom is -0.515 e. The molecule has 0 aromatic heterocycles. The number of esters is 1. The number of thioether (sulfide) groups is 1. The number of ether oxygens (including phenoxy) is 1. The van der Waals surface area contributed by atoms with Crippen molar-refractivity contribution in [1.29, 1.82) is 0 Å². The second-order valence-corrected chi connectivity index (χ2v) is 6.70. The van der Waals surface area contributed by atoms with Crippen LogP contribution in [-0.2, 0) is 27.6 Å². The highest BCUT2D eigenvalue weighted by atomic mass is 32.2. The van der Waals surface area contributed by atoms with Crippen LogP contribution in [0.25, 0.3) is 5.57 Å². The molecule has 0 saturated heterocycles. The summed E-state index contributed by atoms with van der Waals surface area (Å²) in [4.78, 5) is 12.1. The maximum Gasteiger partial charge on any atom is 0.416 e. The van der Waals surface area contributed by atoms with Crippen LogP contribution in [0, 0.1) is 0 Å². The number of aliphatic hydroxyl groups is 1. The second-order valence-electron chi connectivity index (χ2n) is 5.69. The number of carbonyl (C=O) groups is 1. The summed E-state index contributed by atoms with van der Waals surface area (Å²) >= 11 is 0.794. The highest BCUT2D eigenvalue weighted by molar-refractivity contribution is 7.98. The Morgan fingerprint density at radius 3 is 2.28 bits per heavy atom. The number of halogens is 6. The predicted molar refractivity (Wildman–Crippen MR) is 95.1 cm³/mol. The highest BCUT2D eigenvalue weighted by Gasteiger charge is 2.37. The molecule has 1 N–H and O–H groups in total. The van der Waals surface area contributed by atoms with E-state index in [9.17, 15) is 36.2 Å². The Kier molecular flexibility index (Phi) is 6.89. The number of benzene rings is 2. The minimum absolute atomic E-state index is 0.174. The van der Waals surface area contributed by atoms with Crippen molar-refractivity contribution in [3.05, 3.63) is 71.0 Å². The van der Waals surface area contributed by atoms with Crippen molar-refractivity contribution in [2.45, 2.75) is 23.0 Å². The van der Waals surface area contributed by atoms with Gasteiger partial charge in [-0.1, -0.05) is 18.2 Å². The SMILES string of the molecule is COC(=O)C(=CO)c1ccccc1SCc1cc(C(F)(F)F)ccc1C(F)(F)F. The van der Waals surface area contributed by atoms with Crippen molar-refractivity contribution < 1.29 is 41.0 Å². The molecule has 156 valence electrons. The van der Waals surface area contributed by atoms with Crippen LogP contribution in [-0.4, -0.2) is 18.2 Å². The van der Waals surface area contributed by atoms with E-state index in [1.54, 1.807) is 0 Å². The molecule has 0 fully saturated rings. The van der Waals surface area contributed by atoms with Crippen LogP contribution in [0.3, 0.4) is 0 Å². The molecular weight excluding hydrogens is 422 g/mol. The van der Waals surface area contributed by atoms with Crippen molar-refractivity contribution in [2.24, 2.45) is 0 Å². The molecule has 0 aliphatic rings. The summed E-state index contributed by atoms with van der Waals surface area (Å²) in [6.45, 7) is 0. The van der Waals surface area contributed by atoms with Gasteiger partial charge in [-0.2, -0.15) is 26.3 Å². The van der Waals surface area contributed by atoms with Gasteiger partial charge in [-0.25, -0.2) is 4.79 Å². The molecule has 3 nitrogen and oxygen atoms in total. The first kappa shape index (κ1) is 22.7. The van der Waals surface area contributed by atoms with Gasteiger partial charge in [0.05, 0.1) is 24.5 Å². The Bertz CT molecular complexity index is 919. The Hall–Kier alpha value is -2.62. The standard InChI is InChI=1S/C19H14F6O3S/c1-28-17(27)14(9-26)13-4-2-3-5-16(13)29-10-11-8-12(18(20,21)22)6-7-15(11)19(23,24)25/h2-9,26H,10H2,1H3. The van der Waals surface area contributed by atoms with Gasteiger partial charge in [-0.3, -0.25) is 0 Å². The van der Waals surface area contributed by atoms with Crippen molar-refractivity contribution in [3.63, 3.8) is 0 Å². The van der Waals surface area contributed by atoms with Crippen molar-refractivity contribution >= 4 is 23.3 Å². The van der Waals surface area contributed by atoms with Crippen LogP contribution in [0.4, 0.5) is 26.3 Å². The third-order valence-electron chi connectivity index (χ3n) is 3.83. The zero-order chi connectivity index (χ0) is 21.8. The number of aliphatic hydroxyl groups excluding tert-OH is 1. The first-order chi connectivity index (χ1) is 13.5. The third kappa shape index (κ3) is 5.47. The lowest BCUT2D eigenvalue weighted by Crippen LogP contribution is -2.12. The van der Waals surface area contributed by atoms with Crippen LogP contribution >= 0.6 is 11.8 Å². The average molecular weight is 436 g/mol. The molecule has 0 heterocycles. The Labute approximate surface area is 166 Å². The lowest BCUT2D eigenvalue weighted by molar-refractivity contribution is -0.141. The van der Waals surface area contributed by atoms with Crippen molar-refractivity contribution in [1.82, 2.24) is 0 Å². The molecular formula is C19H14F6O3S. The lowest BCUT2D eigenvalue weighted by atomic mass is 10.0. The van der Waals surface area contributed by atoms with Gasteiger partial charge in [0.2, 0.25) is 0 Å². The molecule has 0 unspecified atom stereocenters. The number of hydrogen-bond acceptors (Lipinski definition) is 4. The summed E-state index contributed by atoms with van der Waals surface area (Å²) in [6.07, 6.45) is -9.13. The molecule has 0 aliphatic heterocycles. The zero-order valence-electron chi connectivity index (χ0n) is 14.8. The number of hydrogen-bond donors (Lipinski definition) is 1. The quantitative estimate of drug-likeness (QED) is 0.203. The van der Waals surface area contributed by atoms with Gasteiger partial charge in [-0.15, -0.1) is 11.8 Å².